The van der Waals surface area contributed by atoms with Crippen LogP contribution in [0, 0.1) is 17.8 Å². The van der Waals surface area contributed by atoms with Gasteiger partial charge in [0.2, 0.25) is 0 Å². The minimum absolute atomic E-state index is 0.0347. The highest BCUT2D eigenvalue weighted by Gasteiger charge is 2.50. The fraction of sp³-hybridized carbons (Fsp3) is 0.875. The molecule has 2 saturated carbocycles. The lowest BCUT2D eigenvalue weighted by Gasteiger charge is -2.32. The van der Waals surface area contributed by atoms with E-state index in [4.69, 9.17) is 10.8 Å². The zero-order valence-corrected chi connectivity index (χ0v) is 6.36. The second-order valence-corrected chi connectivity index (χ2v) is 3.84. The largest absolute Gasteiger partial charge is 0.481 e. The van der Waals surface area contributed by atoms with E-state index in [2.05, 4.69) is 0 Å². The van der Waals surface area contributed by atoms with Gasteiger partial charge in [-0.1, -0.05) is 0 Å². The minimum atomic E-state index is -0.615. The van der Waals surface area contributed by atoms with Crippen molar-refractivity contribution in [3.05, 3.63) is 0 Å². The smallest absolute Gasteiger partial charge is 0.306 e. The van der Waals surface area contributed by atoms with Gasteiger partial charge in [-0.3, -0.25) is 4.79 Å². The summed E-state index contributed by atoms with van der Waals surface area (Å²) >= 11 is 0. The Balaban J connectivity index is 1.79. The van der Waals surface area contributed by atoms with Crippen LogP contribution in [0.3, 0.4) is 0 Å². The van der Waals surface area contributed by atoms with E-state index in [0.29, 0.717) is 17.9 Å². The molecule has 0 spiro atoms. The number of carboxylic acid groups (broad SMARTS) is 1. The van der Waals surface area contributed by atoms with Crippen LogP contribution in [0.2, 0.25) is 0 Å². The Labute approximate surface area is 65.6 Å². The van der Waals surface area contributed by atoms with Crippen molar-refractivity contribution in [1.29, 1.82) is 0 Å². The normalized spacial score (nSPS) is 48.1. The maximum atomic E-state index is 10.5. The van der Waals surface area contributed by atoms with Gasteiger partial charge in [0.15, 0.2) is 0 Å². The Morgan fingerprint density at radius 3 is 2.36 bits per heavy atom. The SMILES string of the molecule is NC1CC(C2CC2C(=O)O)C1. The van der Waals surface area contributed by atoms with Gasteiger partial charge < -0.3 is 10.8 Å². The van der Waals surface area contributed by atoms with Gasteiger partial charge in [0.05, 0.1) is 5.92 Å². The Bertz CT molecular complexity index is 187. The van der Waals surface area contributed by atoms with Gasteiger partial charge in [0.25, 0.3) is 0 Å². The topological polar surface area (TPSA) is 63.3 Å². The summed E-state index contributed by atoms with van der Waals surface area (Å²) in [5.74, 6) is 0.446. The summed E-state index contributed by atoms with van der Waals surface area (Å²) in [7, 11) is 0. The van der Waals surface area contributed by atoms with Crippen LogP contribution in [0.15, 0.2) is 0 Å². The second-order valence-electron chi connectivity index (χ2n) is 3.84. The molecule has 0 bridgehead atoms. The summed E-state index contributed by atoms with van der Waals surface area (Å²) in [6.07, 6.45) is 3.00. The molecule has 2 aliphatic carbocycles. The number of rotatable bonds is 2. The fourth-order valence-corrected chi connectivity index (χ4v) is 2.08. The molecule has 3 nitrogen and oxygen atoms in total. The van der Waals surface area contributed by atoms with Crippen LogP contribution >= 0.6 is 0 Å². The van der Waals surface area contributed by atoms with E-state index >= 15 is 0 Å². The Kier molecular flexibility index (Phi) is 1.42. The third kappa shape index (κ3) is 1.13. The van der Waals surface area contributed by atoms with E-state index in [0.717, 1.165) is 19.3 Å². The predicted molar refractivity (Wildman–Crippen MR) is 39.9 cm³/mol. The van der Waals surface area contributed by atoms with Crippen LogP contribution in [0.4, 0.5) is 0 Å². The van der Waals surface area contributed by atoms with Crippen molar-refractivity contribution in [3.8, 4) is 0 Å². The maximum Gasteiger partial charge on any atom is 0.306 e. The van der Waals surface area contributed by atoms with E-state index in [1.54, 1.807) is 0 Å². The van der Waals surface area contributed by atoms with Crippen molar-refractivity contribution < 1.29 is 9.90 Å². The quantitative estimate of drug-likeness (QED) is 0.608. The van der Waals surface area contributed by atoms with Gasteiger partial charge in [0, 0.05) is 6.04 Å². The van der Waals surface area contributed by atoms with Gasteiger partial charge in [-0.2, -0.15) is 0 Å². The Hall–Kier alpha value is -0.570. The third-order valence-corrected chi connectivity index (χ3v) is 2.97. The molecule has 0 aromatic heterocycles. The molecule has 0 saturated heterocycles. The molecule has 62 valence electrons. The number of carboxylic acids is 1. The summed E-state index contributed by atoms with van der Waals surface area (Å²) < 4.78 is 0. The maximum absolute atomic E-state index is 10.5. The molecule has 2 fully saturated rings. The average molecular weight is 155 g/mol. The first-order valence-electron chi connectivity index (χ1n) is 4.17. The molecule has 0 aromatic carbocycles. The molecule has 2 atom stereocenters. The molecule has 0 amide bonds. The summed E-state index contributed by atoms with van der Waals surface area (Å²) in [5.41, 5.74) is 5.61. The van der Waals surface area contributed by atoms with Crippen LogP contribution in [0.5, 0.6) is 0 Å². The first kappa shape index (κ1) is 7.10. The highest BCUT2D eigenvalue weighted by Crippen LogP contribution is 2.51. The molecule has 0 radical (unpaired) electrons. The van der Waals surface area contributed by atoms with Crippen molar-refractivity contribution in [1.82, 2.24) is 0 Å². The van der Waals surface area contributed by atoms with Gasteiger partial charge in [-0.15, -0.1) is 0 Å². The highest BCUT2D eigenvalue weighted by atomic mass is 16.4. The molecule has 11 heavy (non-hydrogen) atoms. The van der Waals surface area contributed by atoms with Crippen LogP contribution in [-0.4, -0.2) is 17.1 Å². The molecular formula is C8H13NO2. The standard InChI is InChI=1S/C8H13NO2/c9-5-1-4(2-5)6-3-7(6)8(10)11/h4-7H,1-3,9H2,(H,10,11). The summed E-state index contributed by atoms with van der Waals surface area (Å²) in [4.78, 5) is 10.5. The molecule has 3 heteroatoms. The molecule has 0 heterocycles. The monoisotopic (exact) mass is 155 g/mol. The first-order chi connectivity index (χ1) is 5.18. The van der Waals surface area contributed by atoms with E-state index in [1.807, 2.05) is 0 Å². The predicted octanol–water partition coefficient (Wildman–Crippen LogP) is 0.444. The highest BCUT2D eigenvalue weighted by molar-refractivity contribution is 5.73. The number of hydrogen-bond acceptors (Lipinski definition) is 2. The first-order valence-corrected chi connectivity index (χ1v) is 4.17. The lowest BCUT2D eigenvalue weighted by Crippen LogP contribution is -2.37. The molecule has 2 aliphatic rings. The molecule has 2 rings (SSSR count). The van der Waals surface area contributed by atoms with Crippen molar-refractivity contribution in [2.24, 2.45) is 23.5 Å². The zero-order valence-electron chi connectivity index (χ0n) is 6.36. The number of hydrogen-bond donors (Lipinski definition) is 2. The molecule has 3 N–H and O–H groups in total. The van der Waals surface area contributed by atoms with Crippen LogP contribution in [0.25, 0.3) is 0 Å². The number of carbonyl (C=O) groups is 1. The lowest BCUT2D eigenvalue weighted by molar-refractivity contribution is -0.139. The van der Waals surface area contributed by atoms with Crippen molar-refractivity contribution >= 4 is 5.97 Å². The van der Waals surface area contributed by atoms with Gasteiger partial charge in [-0.25, -0.2) is 0 Å². The van der Waals surface area contributed by atoms with Crippen LogP contribution in [-0.2, 0) is 4.79 Å². The Morgan fingerprint density at radius 1 is 1.36 bits per heavy atom. The van der Waals surface area contributed by atoms with E-state index in [1.165, 1.54) is 0 Å². The molecule has 0 aromatic rings. The summed E-state index contributed by atoms with van der Waals surface area (Å²) in [5, 5.41) is 8.63. The Morgan fingerprint density at radius 2 is 2.00 bits per heavy atom. The van der Waals surface area contributed by atoms with Crippen LogP contribution < -0.4 is 5.73 Å². The van der Waals surface area contributed by atoms with Crippen molar-refractivity contribution in [3.63, 3.8) is 0 Å². The van der Waals surface area contributed by atoms with Crippen LogP contribution in [0.1, 0.15) is 19.3 Å². The summed E-state index contributed by atoms with van der Waals surface area (Å²) in [6, 6.07) is 0.357. The zero-order chi connectivity index (χ0) is 8.01. The number of aliphatic carboxylic acids is 1. The number of nitrogens with two attached hydrogens (primary N) is 1. The van der Waals surface area contributed by atoms with Crippen molar-refractivity contribution in [2.45, 2.75) is 25.3 Å². The lowest BCUT2D eigenvalue weighted by atomic mass is 9.77. The minimum Gasteiger partial charge on any atom is -0.481 e. The third-order valence-electron chi connectivity index (χ3n) is 2.97. The van der Waals surface area contributed by atoms with Gasteiger partial charge >= 0.3 is 5.97 Å². The molecule has 0 aliphatic heterocycles. The van der Waals surface area contributed by atoms with E-state index in [-0.39, 0.29) is 5.92 Å². The van der Waals surface area contributed by atoms with E-state index in [9.17, 15) is 4.79 Å². The van der Waals surface area contributed by atoms with Gasteiger partial charge in [0.1, 0.15) is 0 Å². The average Bonchev–Trinajstić information content (AvgIpc) is 2.58. The molecular weight excluding hydrogens is 142 g/mol. The van der Waals surface area contributed by atoms with E-state index < -0.39 is 5.97 Å². The molecule has 2 unspecified atom stereocenters. The van der Waals surface area contributed by atoms with Gasteiger partial charge in [-0.05, 0) is 31.1 Å². The summed E-state index contributed by atoms with van der Waals surface area (Å²) in [6.45, 7) is 0. The fourth-order valence-electron chi connectivity index (χ4n) is 2.08. The van der Waals surface area contributed by atoms with Crippen molar-refractivity contribution in [2.75, 3.05) is 0 Å². The second kappa shape index (κ2) is 2.21.